The van der Waals surface area contributed by atoms with Crippen LogP contribution in [0.4, 0.5) is 11.4 Å². The van der Waals surface area contributed by atoms with Crippen LogP contribution in [0.3, 0.4) is 0 Å². The molecule has 0 saturated carbocycles. The van der Waals surface area contributed by atoms with Crippen LogP contribution in [-0.4, -0.2) is 29.0 Å². The van der Waals surface area contributed by atoms with Gasteiger partial charge in [0.25, 0.3) is 0 Å². The Labute approximate surface area is 156 Å². The summed E-state index contributed by atoms with van der Waals surface area (Å²) >= 11 is 0. The van der Waals surface area contributed by atoms with Gasteiger partial charge in [-0.05, 0) is 74.6 Å². The molecule has 140 valence electrons. The number of ether oxygens (including phenoxy) is 1. The monoisotopic (exact) mass is 355 g/mol. The molecule has 2 N–H and O–H groups in total. The summed E-state index contributed by atoms with van der Waals surface area (Å²) in [5, 5.41) is 19.4. The summed E-state index contributed by atoms with van der Waals surface area (Å²) in [5.74, 6) is 0.816. The van der Waals surface area contributed by atoms with E-state index in [1.807, 2.05) is 18.2 Å². The zero-order valence-electron chi connectivity index (χ0n) is 16.0. The van der Waals surface area contributed by atoms with Crippen LogP contribution in [0.1, 0.15) is 43.4 Å². The molecule has 1 aliphatic rings. The predicted molar refractivity (Wildman–Crippen MR) is 105 cm³/mol. The summed E-state index contributed by atoms with van der Waals surface area (Å²) in [4.78, 5) is 2.34. The first kappa shape index (κ1) is 18.7. The first-order valence-corrected chi connectivity index (χ1v) is 9.34. The smallest absolute Gasteiger partial charge is 0.119 e. The normalized spacial score (nSPS) is 14.3. The highest BCUT2D eigenvalue weighted by atomic mass is 16.5. The quantitative estimate of drug-likeness (QED) is 0.819. The van der Waals surface area contributed by atoms with Crippen molar-refractivity contribution in [2.75, 3.05) is 18.1 Å². The average molecular weight is 355 g/mol. The number of nitrogens with zero attached hydrogens (tertiary/aromatic N) is 1. The summed E-state index contributed by atoms with van der Waals surface area (Å²) in [7, 11) is 0. The van der Waals surface area contributed by atoms with Crippen LogP contribution in [0, 0.1) is 6.92 Å². The van der Waals surface area contributed by atoms with E-state index in [1.165, 1.54) is 11.3 Å². The van der Waals surface area contributed by atoms with Gasteiger partial charge in [0.1, 0.15) is 5.75 Å². The molecule has 3 rings (SSSR count). The third-order valence-electron chi connectivity index (χ3n) is 5.03. The Bertz CT molecular complexity index is 747. The largest absolute Gasteiger partial charge is 0.493 e. The first-order chi connectivity index (χ1) is 12.4. The molecule has 26 heavy (non-hydrogen) atoms. The Morgan fingerprint density at radius 2 is 1.85 bits per heavy atom. The lowest BCUT2D eigenvalue weighted by atomic mass is 9.94. The van der Waals surface area contributed by atoms with Crippen molar-refractivity contribution in [1.29, 1.82) is 0 Å². The minimum absolute atomic E-state index is 0.0704. The number of fused-ring (bicyclic) bond motifs is 1. The fourth-order valence-corrected chi connectivity index (χ4v) is 3.49. The van der Waals surface area contributed by atoms with Crippen molar-refractivity contribution in [3.8, 4) is 5.75 Å². The number of hydrogen-bond donors (Lipinski definition) is 2. The van der Waals surface area contributed by atoms with E-state index in [2.05, 4.69) is 30.0 Å². The van der Waals surface area contributed by atoms with Crippen LogP contribution in [0.15, 0.2) is 36.4 Å². The van der Waals surface area contributed by atoms with Gasteiger partial charge in [0.05, 0.1) is 18.8 Å². The molecule has 0 radical (unpaired) electrons. The van der Waals surface area contributed by atoms with Crippen molar-refractivity contribution in [3.05, 3.63) is 53.1 Å². The second-order valence-corrected chi connectivity index (χ2v) is 7.68. The van der Waals surface area contributed by atoms with Gasteiger partial charge in [-0.1, -0.05) is 12.1 Å². The Morgan fingerprint density at radius 1 is 1.12 bits per heavy atom. The van der Waals surface area contributed by atoms with Gasteiger partial charge in [0.2, 0.25) is 0 Å². The highest BCUT2D eigenvalue weighted by Gasteiger charge is 2.21. The van der Waals surface area contributed by atoms with Gasteiger partial charge in [0.15, 0.2) is 0 Å². The van der Waals surface area contributed by atoms with Gasteiger partial charge in [-0.15, -0.1) is 0 Å². The zero-order valence-corrected chi connectivity index (χ0v) is 16.0. The maximum atomic E-state index is 9.77. The van der Waals surface area contributed by atoms with E-state index in [4.69, 9.17) is 4.74 Å². The van der Waals surface area contributed by atoms with Crippen LogP contribution in [-0.2, 0) is 13.0 Å². The van der Waals surface area contributed by atoms with E-state index in [1.54, 1.807) is 13.8 Å². The minimum Gasteiger partial charge on any atom is -0.493 e. The van der Waals surface area contributed by atoms with Crippen molar-refractivity contribution in [3.63, 3.8) is 0 Å². The standard InChI is InChI=1S/C22H29NO3/c1-16-18(15-24)7-6-17-5-4-13-23(21(16)17)19-8-10-20(11-9-19)26-14-12-22(2,3)25/h6-11,24-25H,4-5,12-15H2,1-3H3. The molecule has 4 heteroatoms. The number of benzene rings is 2. The molecule has 0 unspecified atom stereocenters. The highest BCUT2D eigenvalue weighted by Crippen LogP contribution is 2.38. The molecule has 0 bridgehead atoms. The molecule has 0 atom stereocenters. The number of hydrogen-bond acceptors (Lipinski definition) is 4. The van der Waals surface area contributed by atoms with E-state index in [9.17, 15) is 10.2 Å². The predicted octanol–water partition coefficient (Wildman–Crippen LogP) is 4.11. The molecule has 1 heterocycles. The van der Waals surface area contributed by atoms with Gasteiger partial charge in [-0.2, -0.15) is 0 Å². The summed E-state index contributed by atoms with van der Waals surface area (Å²) in [5.41, 5.74) is 5.16. The summed E-state index contributed by atoms with van der Waals surface area (Å²) in [6.45, 7) is 7.21. The van der Waals surface area contributed by atoms with Crippen LogP contribution in [0.2, 0.25) is 0 Å². The number of anilines is 2. The van der Waals surface area contributed by atoms with Crippen molar-refractivity contribution in [1.82, 2.24) is 0 Å². The van der Waals surface area contributed by atoms with E-state index in [0.717, 1.165) is 42.0 Å². The molecule has 0 spiro atoms. The van der Waals surface area contributed by atoms with Crippen LogP contribution >= 0.6 is 0 Å². The second kappa shape index (κ2) is 7.68. The molecule has 0 amide bonds. The Morgan fingerprint density at radius 3 is 2.50 bits per heavy atom. The number of aryl methyl sites for hydroxylation is 1. The van der Waals surface area contributed by atoms with Crippen molar-refractivity contribution < 1.29 is 14.9 Å². The Balaban J connectivity index is 1.79. The van der Waals surface area contributed by atoms with Crippen LogP contribution < -0.4 is 9.64 Å². The second-order valence-electron chi connectivity index (χ2n) is 7.68. The molecule has 0 saturated heterocycles. The Kier molecular flexibility index (Phi) is 5.54. The average Bonchev–Trinajstić information content (AvgIpc) is 2.61. The van der Waals surface area contributed by atoms with E-state index >= 15 is 0 Å². The minimum atomic E-state index is -0.709. The summed E-state index contributed by atoms with van der Waals surface area (Å²) < 4.78 is 5.74. The third kappa shape index (κ3) is 4.19. The van der Waals surface area contributed by atoms with Gasteiger partial charge in [0, 0.05) is 24.3 Å². The van der Waals surface area contributed by atoms with Gasteiger partial charge in [-0.25, -0.2) is 0 Å². The molecular formula is C22H29NO3. The molecule has 4 nitrogen and oxygen atoms in total. The molecule has 2 aromatic carbocycles. The maximum absolute atomic E-state index is 9.77. The van der Waals surface area contributed by atoms with E-state index in [-0.39, 0.29) is 6.61 Å². The van der Waals surface area contributed by atoms with Gasteiger partial charge < -0.3 is 19.8 Å². The summed E-state index contributed by atoms with van der Waals surface area (Å²) in [6, 6.07) is 12.3. The molecule has 2 aromatic rings. The lowest BCUT2D eigenvalue weighted by Crippen LogP contribution is -2.26. The van der Waals surface area contributed by atoms with Crippen molar-refractivity contribution in [2.24, 2.45) is 0 Å². The van der Waals surface area contributed by atoms with Crippen molar-refractivity contribution in [2.45, 2.75) is 52.2 Å². The lowest BCUT2D eigenvalue weighted by molar-refractivity contribution is 0.0553. The lowest BCUT2D eigenvalue weighted by Gasteiger charge is -2.33. The van der Waals surface area contributed by atoms with Crippen LogP contribution in [0.5, 0.6) is 5.75 Å². The van der Waals surface area contributed by atoms with E-state index < -0.39 is 5.60 Å². The molecule has 0 aliphatic carbocycles. The fraction of sp³-hybridized carbons (Fsp3) is 0.455. The van der Waals surface area contributed by atoms with Crippen molar-refractivity contribution >= 4 is 11.4 Å². The van der Waals surface area contributed by atoms with Gasteiger partial charge in [-0.3, -0.25) is 0 Å². The van der Waals surface area contributed by atoms with Gasteiger partial charge >= 0.3 is 0 Å². The fourth-order valence-electron chi connectivity index (χ4n) is 3.49. The molecule has 0 aromatic heterocycles. The number of aliphatic hydroxyl groups is 2. The topological polar surface area (TPSA) is 52.9 Å². The first-order valence-electron chi connectivity index (χ1n) is 9.34. The third-order valence-corrected chi connectivity index (χ3v) is 5.03. The summed E-state index contributed by atoms with van der Waals surface area (Å²) in [6.07, 6.45) is 2.79. The maximum Gasteiger partial charge on any atom is 0.119 e. The highest BCUT2D eigenvalue weighted by molar-refractivity contribution is 5.72. The number of rotatable bonds is 6. The molecule has 0 fully saturated rings. The van der Waals surface area contributed by atoms with E-state index in [0.29, 0.717) is 13.0 Å². The SMILES string of the molecule is Cc1c(CO)ccc2c1N(c1ccc(OCCC(C)(C)O)cc1)CCC2. The molecular weight excluding hydrogens is 326 g/mol. The molecule has 1 aliphatic heterocycles. The Hall–Kier alpha value is -2.04. The van der Waals surface area contributed by atoms with Crippen LogP contribution in [0.25, 0.3) is 0 Å². The zero-order chi connectivity index (χ0) is 18.7. The number of aliphatic hydroxyl groups excluding tert-OH is 1.